The maximum atomic E-state index is 13.7. The van der Waals surface area contributed by atoms with Gasteiger partial charge in [-0.2, -0.15) is 0 Å². The summed E-state index contributed by atoms with van der Waals surface area (Å²) in [5, 5.41) is 5.30. The fraction of sp³-hybridized carbons (Fsp3) is 0.0476. The van der Waals surface area contributed by atoms with E-state index >= 15 is 0 Å². The third-order valence-electron chi connectivity index (χ3n) is 4.24. The molecule has 7 nitrogen and oxygen atoms in total. The molecule has 0 atom stereocenters. The lowest BCUT2D eigenvalue weighted by Gasteiger charge is -2.10. The molecule has 0 unspecified atom stereocenters. The van der Waals surface area contributed by atoms with Crippen LogP contribution in [0.3, 0.4) is 0 Å². The molecule has 0 radical (unpaired) electrons. The van der Waals surface area contributed by atoms with Crippen LogP contribution in [0.25, 0.3) is 0 Å². The highest BCUT2D eigenvalue weighted by atomic mass is 35.5. The van der Waals surface area contributed by atoms with Gasteiger partial charge in [0.15, 0.2) is 0 Å². The zero-order valence-corrected chi connectivity index (χ0v) is 17.7. The van der Waals surface area contributed by atoms with E-state index in [1.807, 2.05) is 0 Å². The standard InChI is InChI=1S/C21H17ClFN3O4S/c1-24-21(28)16-12-14(8-11-17(16)22)25-20(27)13-6-9-15(10-7-13)31(29,30)26-19-5-3-2-4-18(19)23/h2-12,26H,1H3,(H,24,28)(H,25,27). The smallest absolute Gasteiger partial charge is 0.261 e. The maximum absolute atomic E-state index is 13.7. The van der Waals surface area contributed by atoms with E-state index in [2.05, 4.69) is 15.4 Å². The zero-order valence-electron chi connectivity index (χ0n) is 16.1. The molecule has 2 amide bonds. The maximum Gasteiger partial charge on any atom is 0.261 e. The summed E-state index contributed by atoms with van der Waals surface area (Å²) >= 11 is 5.99. The minimum Gasteiger partial charge on any atom is -0.355 e. The summed E-state index contributed by atoms with van der Waals surface area (Å²) in [6, 6.07) is 14.9. The summed E-state index contributed by atoms with van der Waals surface area (Å²) in [6.07, 6.45) is 0. The monoisotopic (exact) mass is 461 g/mol. The normalized spacial score (nSPS) is 10.9. The van der Waals surface area contributed by atoms with Gasteiger partial charge in [0, 0.05) is 18.3 Å². The molecule has 0 heterocycles. The van der Waals surface area contributed by atoms with Crippen LogP contribution in [0.5, 0.6) is 0 Å². The van der Waals surface area contributed by atoms with Crippen LogP contribution in [0.1, 0.15) is 20.7 Å². The first-order chi connectivity index (χ1) is 14.7. The number of halogens is 2. The van der Waals surface area contributed by atoms with Gasteiger partial charge in [-0.3, -0.25) is 14.3 Å². The Morgan fingerprint density at radius 2 is 1.61 bits per heavy atom. The third-order valence-corrected chi connectivity index (χ3v) is 5.95. The Hall–Kier alpha value is -3.43. The molecule has 0 aromatic heterocycles. The molecule has 0 spiro atoms. The predicted molar refractivity (Wildman–Crippen MR) is 116 cm³/mol. The van der Waals surface area contributed by atoms with Crippen molar-refractivity contribution in [3.63, 3.8) is 0 Å². The van der Waals surface area contributed by atoms with Gasteiger partial charge >= 0.3 is 0 Å². The van der Waals surface area contributed by atoms with Crippen LogP contribution >= 0.6 is 11.6 Å². The third kappa shape index (κ3) is 5.19. The van der Waals surface area contributed by atoms with E-state index in [4.69, 9.17) is 11.6 Å². The Balaban J connectivity index is 1.76. The molecular formula is C21H17ClFN3O4S. The Labute approximate surface area is 183 Å². The SMILES string of the molecule is CNC(=O)c1cc(NC(=O)c2ccc(S(=O)(=O)Nc3ccccc3F)cc2)ccc1Cl. The minimum atomic E-state index is -4.04. The number of nitrogens with one attached hydrogen (secondary N) is 3. The molecule has 0 aliphatic rings. The van der Waals surface area contributed by atoms with E-state index in [0.29, 0.717) is 5.69 Å². The van der Waals surface area contributed by atoms with Crippen LogP contribution < -0.4 is 15.4 Å². The van der Waals surface area contributed by atoms with Gasteiger partial charge in [0.25, 0.3) is 21.8 Å². The van der Waals surface area contributed by atoms with E-state index < -0.39 is 27.7 Å². The van der Waals surface area contributed by atoms with Crippen LogP contribution in [0.15, 0.2) is 71.6 Å². The molecule has 0 fully saturated rings. The molecular weight excluding hydrogens is 445 g/mol. The van der Waals surface area contributed by atoms with Crippen LogP contribution in [0.2, 0.25) is 5.02 Å². The van der Waals surface area contributed by atoms with Crippen molar-refractivity contribution in [2.24, 2.45) is 0 Å². The summed E-state index contributed by atoms with van der Waals surface area (Å²) in [7, 11) is -2.58. The van der Waals surface area contributed by atoms with Gasteiger partial charge in [-0.25, -0.2) is 12.8 Å². The molecule has 3 N–H and O–H groups in total. The number of rotatable bonds is 6. The summed E-state index contributed by atoms with van der Waals surface area (Å²) in [6.45, 7) is 0. The average molecular weight is 462 g/mol. The summed E-state index contributed by atoms with van der Waals surface area (Å²) in [5.74, 6) is -1.63. The summed E-state index contributed by atoms with van der Waals surface area (Å²) in [4.78, 5) is 24.2. The van der Waals surface area contributed by atoms with Gasteiger partial charge in [-0.1, -0.05) is 23.7 Å². The van der Waals surface area contributed by atoms with E-state index in [9.17, 15) is 22.4 Å². The Kier molecular flexibility index (Phi) is 6.57. The highest BCUT2D eigenvalue weighted by Crippen LogP contribution is 2.22. The fourth-order valence-electron chi connectivity index (χ4n) is 2.65. The molecule has 3 rings (SSSR count). The second-order valence-corrected chi connectivity index (χ2v) is 8.43. The lowest BCUT2D eigenvalue weighted by molar-refractivity contribution is 0.0961. The largest absolute Gasteiger partial charge is 0.355 e. The van der Waals surface area contributed by atoms with E-state index in [1.165, 1.54) is 67.7 Å². The number of carbonyl (C=O) groups excluding carboxylic acids is 2. The highest BCUT2D eigenvalue weighted by molar-refractivity contribution is 7.92. The Morgan fingerprint density at radius 1 is 0.935 bits per heavy atom. The number of hydrogen-bond acceptors (Lipinski definition) is 4. The molecule has 160 valence electrons. The molecule has 3 aromatic rings. The number of amides is 2. The number of hydrogen-bond donors (Lipinski definition) is 3. The number of sulfonamides is 1. The number of anilines is 2. The lowest BCUT2D eigenvalue weighted by atomic mass is 10.1. The molecule has 10 heteroatoms. The minimum absolute atomic E-state index is 0.138. The molecule has 0 saturated carbocycles. The molecule has 0 bridgehead atoms. The average Bonchev–Trinajstić information content (AvgIpc) is 2.76. The van der Waals surface area contributed by atoms with Gasteiger partial charge in [0.1, 0.15) is 5.82 Å². The molecule has 0 saturated heterocycles. The van der Waals surface area contributed by atoms with Gasteiger partial charge in [-0.15, -0.1) is 0 Å². The van der Waals surface area contributed by atoms with Crippen LogP contribution in [-0.4, -0.2) is 27.3 Å². The van der Waals surface area contributed by atoms with Gasteiger partial charge in [0.05, 0.1) is 21.2 Å². The summed E-state index contributed by atoms with van der Waals surface area (Å²) < 4.78 is 40.8. The Bertz CT molecular complexity index is 1250. The number of para-hydroxylation sites is 1. The van der Waals surface area contributed by atoms with Crippen molar-refractivity contribution in [3.8, 4) is 0 Å². The van der Waals surface area contributed by atoms with Crippen molar-refractivity contribution in [1.82, 2.24) is 5.32 Å². The Morgan fingerprint density at radius 3 is 2.26 bits per heavy atom. The van der Waals surface area contributed by atoms with Gasteiger partial charge < -0.3 is 10.6 Å². The molecule has 0 aliphatic heterocycles. The van der Waals surface area contributed by atoms with E-state index in [-0.39, 0.29) is 26.7 Å². The van der Waals surface area contributed by atoms with E-state index in [0.717, 1.165) is 6.07 Å². The quantitative estimate of drug-likeness (QED) is 0.518. The molecule has 0 aliphatic carbocycles. The van der Waals surface area contributed by atoms with Crippen molar-refractivity contribution >= 4 is 44.8 Å². The van der Waals surface area contributed by atoms with Crippen LogP contribution in [0.4, 0.5) is 15.8 Å². The first kappa shape index (κ1) is 22.3. The topological polar surface area (TPSA) is 104 Å². The molecule has 31 heavy (non-hydrogen) atoms. The first-order valence-electron chi connectivity index (χ1n) is 8.91. The van der Waals surface area contributed by atoms with Crippen LogP contribution in [0, 0.1) is 5.82 Å². The summed E-state index contributed by atoms with van der Waals surface area (Å²) in [5.41, 5.74) is 0.536. The van der Waals surface area contributed by atoms with Gasteiger partial charge in [-0.05, 0) is 54.6 Å². The lowest BCUT2D eigenvalue weighted by Crippen LogP contribution is -2.19. The van der Waals surface area contributed by atoms with Crippen molar-refractivity contribution in [2.75, 3.05) is 17.1 Å². The van der Waals surface area contributed by atoms with E-state index in [1.54, 1.807) is 0 Å². The second kappa shape index (κ2) is 9.15. The van der Waals surface area contributed by atoms with Crippen molar-refractivity contribution < 1.29 is 22.4 Å². The second-order valence-electron chi connectivity index (χ2n) is 6.34. The molecule has 3 aromatic carbocycles. The highest BCUT2D eigenvalue weighted by Gasteiger charge is 2.17. The number of benzene rings is 3. The zero-order chi connectivity index (χ0) is 22.6. The first-order valence-corrected chi connectivity index (χ1v) is 10.8. The van der Waals surface area contributed by atoms with Crippen molar-refractivity contribution in [3.05, 3.63) is 88.7 Å². The van der Waals surface area contributed by atoms with Crippen molar-refractivity contribution in [1.29, 1.82) is 0 Å². The fourth-order valence-corrected chi connectivity index (χ4v) is 3.92. The van der Waals surface area contributed by atoms with Gasteiger partial charge in [0.2, 0.25) is 0 Å². The predicted octanol–water partition coefficient (Wildman–Crippen LogP) is 3.89. The van der Waals surface area contributed by atoms with Crippen molar-refractivity contribution in [2.45, 2.75) is 4.90 Å². The number of carbonyl (C=O) groups is 2. The van der Waals surface area contributed by atoms with Crippen LogP contribution in [-0.2, 0) is 10.0 Å².